The summed E-state index contributed by atoms with van der Waals surface area (Å²) >= 11 is 0. The second-order valence-corrected chi connectivity index (χ2v) is 6.22. The Bertz CT molecular complexity index is 723. The number of amides is 1. The van der Waals surface area contributed by atoms with Gasteiger partial charge in [0.2, 0.25) is 11.8 Å². The number of rotatable bonds is 7. The van der Waals surface area contributed by atoms with Crippen molar-refractivity contribution < 1.29 is 18.8 Å². The lowest BCUT2D eigenvalue weighted by molar-refractivity contribution is -0.123. The highest BCUT2D eigenvalue weighted by atomic mass is 16.5. The monoisotopic (exact) mass is 345 g/mol. The van der Waals surface area contributed by atoms with Gasteiger partial charge in [0.25, 0.3) is 0 Å². The molecule has 0 aliphatic heterocycles. The van der Waals surface area contributed by atoms with Gasteiger partial charge in [0.15, 0.2) is 17.3 Å². The zero-order chi connectivity index (χ0) is 17.7. The molecule has 1 aromatic heterocycles. The Labute approximate surface area is 146 Å². The van der Waals surface area contributed by atoms with E-state index in [4.69, 9.17) is 14.0 Å². The van der Waals surface area contributed by atoms with Crippen LogP contribution in [0.4, 0.5) is 0 Å². The quantitative estimate of drug-likeness (QED) is 0.830. The predicted molar refractivity (Wildman–Crippen MR) is 90.4 cm³/mol. The second kappa shape index (κ2) is 7.55. The molecule has 1 saturated carbocycles. The summed E-state index contributed by atoms with van der Waals surface area (Å²) in [6, 6.07) is 7.37. The summed E-state index contributed by atoms with van der Waals surface area (Å²) in [6.07, 6.45) is 3.96. The second-order valence-electron chi connectivity index (χ2n) is 6.22. The van der Waals surface area contributed by atoms with Crippen molar-refractivity contribution in [1.29, 1.82) is 0 Å². The SMILES string of the molecule is COc1ccccc1OCCC(=O)NC1(c2noc(C)n2)CCCC1. The molecule has 0 atom stereocenters. The third kappa shape index (κ3) is 3.92. The molecule has 1 aromatic carbocycles. The molecule has 1 N–H and O–H groups in total. The molecule has 0 bridgehead atoms. The van der Waals surface area contributed by atoms with Crippen LogP contribution in [0.5, 0.6) is 11.5 Å². The number of carbonyl (C=O) groups excluding carboxylic acids is 1. The van der Waals surface area contributed by atoms with E-state index in [-0.39, 0.29) is 18.9 Å². The van der Waals surface area contributed by atoms with Crippen LogP contribution in [-0.4, -0.2) is 29.8 Å². The van der Waals surface area contributed by atoms with E-state index >= 15 is 0 Å². The third-order valence-electron chi connectivity index (χ3n) is 4.45. The van der Waals surface area contributed by atoms with Gasteiger partial charge in [-0.2, -0.15) is 4.98 Å². The van der Waals surface area contributed by atoms with Crippen molar-refractivity contribution in [3.05, 3.63) is 36.0 Å². The van der Waals surface area contributed by atoms with Gasteiger partial charge in [-0.25, -0.2) is 0 Å². The molecule has 1 aliphatic rings. The molecule has 1 fully saturated rings. The molecule has 0 spiro atoms. The summed E-state index contributed by atoms with van der Waals surface area (Å²) in [6.45, 7) is 2.02. The molecule has 25 heavy (non-hydrogen) atoms. The van der Waals surface area contributed by atoms with E-state index in [0.29, 0.717) is 23.2 Å². The molecule has 134 valence electrons. The normalized spacial score (nSPS) is 15.8. The standard InChI is InChI=1S/C18H23N3O4/c1-13-19-17(21-25-13)18(10-5-6-11-18)20-16(22)9-12-24-15-8-4-3-7-14(15)23-2/h3-4,7-8H,5-6,9-12H2,1-2H3,(H,20,22). The van der Waals surface area contributed by atoms with Gasteiger partial charge in [0.1, 0.15) is 5.54 Å². The van der Waals surface area contributed by atoms with Crippen molar-refractivity contribution in [3.8, 4) is 11.5 Å². The van der Waals surface area contributed by atoms with E-state index in [1.165, 1.54) is 0 Å². The van der Waals surface area contributed by atoms with Crippen molar-refractivity contribution >= 4 is 5.91 Å². The minimum absolute atomic E-state index is 0.0840. The molecular weight excluding hydrogens is 322 g/mol. The van der Waals surface area contributed by atoms with Crippen LogP contribution in [0.25, 0.3) is 0 Å². The first kappa shape index (κ1) is 17.3. The highest BCUT2D eigenvalue weighted by Crippen LogP contribution is 2.37. The van der Waals surface area contributed by atoms with Crippen molar-refractivity contribution in [2.24, 2.45) is 0 Å². The van der Waals surface area contributed by atoms with Crippen molar-refractivity contribution in [1.82, 2.24) is 15.5 Å². The third-order valence-corrected chi connectivity index (χ3v) is 4.45. The van der Waals surface area contributed by atoms with Crippen LogP contribution in [0.15, 0.2) is 28.8 Å². The fraction of sp³-hybridized carbons (Fsp3) is 0.500. The molecule has 1 amide bonds. The lowest BCUT2D eigenvalue weighted by Gasteiger charge is -2.26. The average Bonchev–Trinajstić information content (AvgIpc) is 3.25. The first-order chi connectivity index (χ1) is 12.1. The number of carbonyl (C=O) groups is 1. The van der Waals surface area contributed by atoms with Gasteiger partial charge in [-0.1, -0.05) is 30.1 Å². The summed E-state index contributed by atoms with van der Waals surface area (Å²) < 4.78 is 16.0. The maximum Gasteiger partial charge on any atom is 0.224 e. The number of aromatic nitrogens is 2. The Balaban J connectivity index is 1.58. The number of aryl methyl sites for hydroxylation is 1. The Kier molecular flexibility index (Phi) is 5.21. The van der Waals surface area contributed by atoms with Crippen LogP contribution in [0.1, 0.15) is 43.8 Å². The Morgan fingerprint density at radius 1 is 1.28 bits per heavy atom. The smallest absolute Gasteiger partial charge is 0.224 e. The number of benzene rings is 1. The number of ether oxygens (including phenoxy) is 2. The molecule has 0 saturated heterocycles. The van der Waals surface area contributed by atoms with Crippen molar-refractivity contribution in [2.45, 2.75) is 44.6 Å². The molecule has 0 unspecified atom stereocenters. The number of methoxy groups -OCH3 is 1. The summed E-state index contributed by atoms with van der Waals surface area (Å²) in [5.41, 5.74) is -0.515. The van der Waals surface area contributed by atoms with Crippen molar-refractivity contribution in [3.63, 3.8) is 0 Å². The lowest BCUT2D eigenvalue weighted by atomic mass is 9.96. The first-order valence-corrected chi connectivity index (χ1v) is 8.50. The van der Waals surface area contributed by atoms with Gasteiger partial charge in [-0.3, -0.25) is 4.79 Å². The Morgan fingerprint density at radius 2 is 2.00 bits per heavy atom. The first-order valence-electron chi connectivity index (χ1n) is 8.50. The maximum atomic E-state index is 12.4. The maximum absolute atomic E-state index is 12.4. The highest BCUT2D eigenvalue weighted by molar-refractivity contribution is 5.77. The van der Waals surface area contributed by atoms with Crippen LogP contribution in [0.2, 0.25) is 0 Å². The van der Waals surface area contributed by atoms with Gasteiger partial charge in [-0.05, 0) is 25.0 Å². The number of para-hydroxylation sites is 2. The highest BCUT2D eigenvalue weighted by Gasteiger charge is 2.41. The lowest BCUT2D eigenvalue weighted by Crippen LogP contribution is -2.45. The van der Waals surface area contributed by atoms with Gasteiger partial charge in [-0.15, -0.1) is 0 Å². The van der Waals surface area contributed by atoms with Crippen LogP contribution in [0.3, 0.4) is 0 Å². The van der Waals surface area contributed by atoms with E-state index in [1.54, 1.807) is 14.0 Å². The summed E-state index contributed by atoms with van der Waals surface area (Å²) in [7, 11) is 1.59. The zero-order valence-corrected chi connectivity index (χ0v) is 14.6. The minimum atomic E-state index is -0.515. The van der Waals surface area contributed by atoms with E-state index < -0.39 is 5.54 Å². The minimum Gasteiger partial charge on any atom is -0.493 e. The molecule has 1 aliphatic carbocycles. The number of hydrogen-bond donors (Lipinski definition) is 1. The molecule has 2 aromatic rings. The predicted octanol–water partition coefficient (Wildman–Crippen LogP) is 2.74. The van der Waals surface area contributed by atoms with Gasteiger partial charge in [0.05, 0.1) is 20.1 Å². The molecule has 3 rings (SSSR count). The van der Waals surface area contributed by atoms with E-state index in [1.807, 2.05) is 24.3 Å². The molecule has 7 nitrogen and oxygen atoms in total. The van der Waals surface area contributed by atoms with Crippen LogP contribution in [0, 0.1) is 6.92 Å². The number of nitrogens with zero attached hydrogens (tertiary/aromatic N) is 2. The molecular formula is C18H23N3O4. The largest absolute Gasteiger partial charge is 0.493 e. The summed E-state index contributed by atoms with van der Waals surface area (Å²) in [5, 5.41) is 7.13. The van der Waals surface area contributed by atoms with Gasteiger partial charge in [0, 0.05) is 6.92 Å². The summed E-state index contributed by atoms with van der Waals surface area (Å²) in [5.74, 6) is 2.27. The van der Waals surface area contributed by atoms with E-state index in [0.717, 1.165) is 25.7 Å². The van der Waals surface area contributed by atoms with E-state index in [9.17, 15) is 4.79 Å². The van der Waals surface area contributed by atoms with E-state index in [2.05, 4.69) is 15.5 Å². The van der Waals surface area contributed by atoms with Crippen molar-refractivity contribution in [2.75, 3.05) is 13.7 Å². The molecule has 1 heterocycles. The fourth-order valence-corrected chi connectivity index (χ4v) is 3.20. The topological polar surface area (TPSA) is 86.5 Å². The Hall–Kier alpha value is -2.57. The number of nitrogens with one attached hydrogen (secondary N) is 1. The van der Waals surface area contributed by atoms with Gasteiger partial charge >= 0.3 is 0 Å². The fourth-order valence-electron chi connectivity index (χ4n) is 3.20. The van der Waals surface area contributed by atoms with Gasteiger partial charge < -0.3 is 19.3 Å². The number of hydrogen-bond acceptors (Lipinski definition) is 6. The van der Waals surface area contributed by atoms with Crippen LogP contribution < -0.4 is 14.8 Å². The summed E-state index contributed by atoms with van der Waals surface area (Å²) in [4.78, 5) is 16.7. The zero-order valence-electron chi connectivity index (χ0n) is 14.6. The average molecular weight is 345 g/mol. The molecule has 0 radical (unpaired) electrons. The van der Waals surface area contributed by atoms with Crippen LogP contribution in [-0.2, 0) is 10.3 Å². The van der Waals surface area contributed by atoms with Crippen LogP contribution >= 0.6 is 0 Å². The molecule has 7 heteroatoms. The Morgan fingerprint density at radius 3 is 2.64 bits per heavy atom.